The second-order valence-electron chi connectivity index (χ2n) is 4.80. The third kappa shape index (κ3) is 4.30. The lowest BCUT2D eigenvalue weighted by atomic mass is 10.3. The molecule has 1 aromatic heterocycles. The van der Waals surface area contributed by atoms with E-state index < -0.39 is 0 Å². The number of anilines is 1. The molecular weight excluding hydrogens is 310 g/mol. The van der Waals surface area contributed by atoms with Crippen LogP contribution in [0.3, 0.4) is 0 Å². The van der Waals surface area contributed by atoms with Crippen molar-refractivity contribution in [1.82, 2.24) is 9.88 Å². The zero-order valence-electron chi connectivity index (χ0n) is 12.6. The number of carbonyl (C=O) groups excluding carboxylic acids is 1. The van der Waals surface area contributed by atoms with E-state index in [0.717, 1.165) is 27.6 Å². The van der Waals surface area contributed by atoms with Gasteiger partial charge in [-0.2, -0.15) is 0 Å². The van der Waals surface area contributed by atoms with Crippen LogP contribution in [-0.2, 0) is 4.79 Å². The quantitative estimate of drug-likeness (QED) is 0.846. The average molecular weight is 330 g/mol. The highest BCUT2D eigenvalue weighted by Crippen LogP contribution is 2.31. The third-order valence-electron chi connectivity index (χ3n) is 2.97. The first-order valence-electron chi connectivity index (χ1n) is 6.38. The molecule has 1 heterocycles. The second-order valence-corrected chi connectivity index (χ2v) is 5.81. The third-order valence-corrected chi connectivity index (χ3v) is 4.02. The molecule has 5 nitrogen and oxygen atoms in total. The fraction of sp³-hybridized carbons (Fsp3) is 0.429. The van der Waals surface area contributed by atoms with Crippen molar-refractivity contribution in [2.75, 3.05) is 39.2 Å². The highest BCUT2D eigenvalue weighted by molar-refractivity contribution is 7.22. The van der Waals surface area contributed by atoms with Crippen molar-refractivity contribution in [2.24, 2.45) is 0 Å². The van der Waals surface area contributed by atoms with Crippen LogP contribution in [0.25, 0.3) is 10.2 Å². The van der Waals surface area contributed by atoms with Gasteiger partial charge in [0.1, 0.15) is 5.75 Å². The van der Waals surface area contributed by atoms with Gasteiger partial charge in [0.05, 0.1) is 17.3 Å². The number of amides is 1. The molecule has 0 aliphatic carbocycles. The number of methoxy groups -OCH3 is 1. The summed E-state index contributed by atoms with van der Waals surface area (Å²) in [5.74, 6) is 0.787. The Balaban J connectivity index is 0.00000220. The minimum absolute atomic E-state index is 0. The molecule has 0 saturated carbocycles. The number of carbonyl (C=O) groups is 1. The molecule has 0 atom stereocenters. The summed E-state index contributed by atoms with van der Waals surface area (Å²) in [5, 5.41) is 0.739. The Hall–Kier alpha value is -1.37. The molecule has 0 aliphatic rings. The van der Waals surface area contributed by atoms with Crippen molar-refractivity contribution in [1.29, 1.82) is 0 Å². The molecular formula is C14H20ClN3O2S. The highest BCUT2D eigenvalue weighted by atomic mass is 35.5. The van der Waals surface area contributed by atoms with E-state index in [1.54, 1.807) is 18.9 Å². The molecule has 0 N–H and O–H groups in total. The Bertz CT molecular complexity index is 615. The van der Waals surface area contributed by atoms with Gasteiger partial charge in [0.15, 0.2) is 5.13 Å². The zero-order chi connectivity index (χ0) is 14.7. The highest BCUT2D eigenvalue weighted by Gasteiger charge is 2.16. The van der Waals surface area contributed by atoms with Crippen molar-refractivity contribution in [3.8, 4) is 5.75 Å². The van der Waals surface area contributed by atoms with E-state index in [0.29, 0.717) is 6.54 Å². The van der Waals surface area contributed by atoms with Crippen LogP contribution in [0.1, 0.15) is 6.92 Å². The summed E-state index contributed by atoms with van der Waals surface area (Å²) in [4.78, 5) is 20.1. The molecule has 7 heteroatoms. The van der Waals surface area contributed by atoms with Crippen LogP contribution in [0.2, 0.25) is 0 Å². The number of thiazole rings is 1. The molecule has 21 heavy (non-hydrogen) atoms. The van der Waals surface area contributed by atoms with E-state index in [2.05, 4.69) is 4.98 Å². The molecule has 116 valence electrons. The van der Waals surface area contributed by atoms with Crippen molar-refractivity contribution < 1.29 is 9.53 Å². The molecule has 0 aliphatic heterocycles. The van der Waals surface area contributed by atoms with Crippen LogP contribution in [0.4, 0.5) is 5.13 Å². The smallest absolute Gasteiger partial charge is 0.225 e. The van der Waals surface area contributed by atoms with Gasteiger partial charge in [-0.15, -0.1) is 12.4 Å². The number of hydrogen-bond acceptors (Lipinski definition) is 5. The first kappa shape index (κ1) is 17.7. The van der Waals surface area contributed by atoms with Gasteiger partial charge in [0.25, 0.3) is 0 Å². The van der Waals surface area contributed by atoms with Crippen molar-refractivity contribution in [3.05, 3.63) is 18.2 Å². The first-order chi connectivity index (χ1) is 9.51. The normalized spacial score (nSPS) is 10.5. The molecule has 0 saturated heterocycles. The van der Waals surface area contributed by atoms with Gasteiger partial charge in [-0.25, -0.2) is 4.98 Å². The molecule has 1 amide bonds. The Morgan fingerprint density at radius 1 is 1.33 bits per heavy atom. The maximum Gasteiger partial charge on any atom is 0.225 e. The van der Waals surface area contributed by atoms with E-state index in [4.69, 9.17) is 4.74 Å². The molecule has 0 fully saturated rings. The second kappa shape index (κ2) is 7.59. The van der Waals surface area contributed by atoms with Gasteiger partial charge >= 0.3 is 0 Å². The summed E-state index contributed by atoms with van der Waals surface area (Å²) in [5.41, 5.74) is 0.862. The number of likely N-dealkylation sites (N-methyl/N-ethyl adjacent to an activating group) is 1. The summed E-state index contributed by atoms with van der Waals surface area (Å²) in [6.45, 7) is 3.01. The van der Waals surface area contributed by atoms with Crippen molar-refractivity contribution in [3.63, 3.8) is 0 Å². The van der Waals surface area contributed by atoms with Crippen molar-refractivity contribution in [2.45, 2.75) is 6.92 Å². The van der Waals surface area contributed by atoms with E-state index in [-0.39, 0.29) is 18.3 Å². The van der Waals surface area contributed by atoms with Crippen LogP contribution < -0.4 is 9.64 Å². The van der Waals surface area contributed by atoms with E-state index in [1.165, 1.54) is 11.3 Å². The standard InChI is InChI=1S/C14H19N3O2S.ClH/c1-10(18)17(8-7-16(2)3)14-15-12-9-11(19-4)5-6-13(12)20-14;/h5-6,9H,7-8H2,1-4H3;1H. The lowest BCUT2D eigenvalue weighted by molar-refractivity contribution is -0.116. The van der Waals surface area contributed by atoms with Crippen molar-refractivity contribution >= 4 is 45.0 Å². The maximum absolute atomic E-state index is 11.8. The largest absolute Gasteiger partial charge is 0.497 e. The van der Waals surface area contributed by atoms with Crippen LogP contribution in [0, 0.1) is 0 Å². The summed E-state index contributed by atoms with van der Waals surface area (Å²) in [6, 6.07) is 5.77. The Kier molecular flexibility index (Phi) is 6.39. The number of benzene rings is 1. The predicted octanol–water partition coefficient (Wildman–Crippen LogP) is 2.64. The van der Waals surface area contributed by atoms with Gasteiger partial charge in [0.2, 0.25) is 5.91 Å². The fourth-order valence-electron chi connectivity index (χ4n) is 1.83. The number of halogens is 1. The number of nitrogens with zero attached hydrogens (tertiary/aromatic N) is 3. The summed E-state index contributed by atoms with van der Waals surface area (Å²) in [7, 11) is 5.61. The number of rotatable bonds is 5. The SMILES string of the molecule is COc1ccc2sc(N(CCN(C)C)C(C)=O)nc2c1.Cl. The number of fused-ring (bicyclic) bond motifs is 1. The van der Waals surface area contributed by atoms with Crippen LogP contribution >= 0.6 is 23.7 Å². The van der Waals surface area contributed by atoms with Gasteiger partial charge in [-0.1, -0.05) is 11.3 Å². The lowest BCUT2D eigenvalue weighted by Gasteiger charge is -2.20. The van der Waals surface area contributed by atoms with Gasteiger partial charge in [0, 0.05) is 26.1 Å². The molecule has 0 bridgehead atoms. The van der Waals surface area contributed by atoms with Gasteiger partial charge < -0.3 is 9.64 Å². The zero-order valence-corrected chi connectivity index (χ0v) is 14.3. The number of hydrogen-bond donors (Lipinski definition) is 0. The summed E-state index contributed by atoms with van der Waals surface area (Å²) < 4.78 is 6.25. The Morgan fingerprint density at radius 3 is 2.62 bits per heavy atom. The summed E-state index contributed by atoms with van der Waals surface area (Å²) in [6.07, 6.45) is 0. The minimum Gasteiger partial charge on any atom is -0.497 e. The summed E-state index contributed by atoms with van der Waals surface area (Å²) >= 11 is 1.52. The van der Waals surface area contributed by atoms with E-state index in [1.807, 2.05) is 37.2 Å². The predicted molar refractivity (Wildman–Crippen MR) is 90.0 cm³/mol. The van der Waals surface area contributed by atoms with Gasteiger partial charge in [-0.05, 0) is 26.2 Å². The number of ether oxygens (including phenoxy) is 1. The molecule has 2 rings (SSSR count). The van der Waals surface area contributed by atoms with Crippen LogP contribution in [-0.4, -0.2) is 50.1 Å². The Morgan fingerprint density at radius 2 is 2.05 bits per heavy atom. The maximum atomic E-state index is 11.8. The Labute approximate surface area is 134 Å². The first-order valence-corrected chi connectivity index (χ1v) is 7.20. The monoisotopic (exact) mass is 329 g/mol. The average Bonchev–Trinajstić information content (AvgIpc) is 2.80. The molecule has 2 aromatic rings. The molecule has 0 radical (unpaired) electrons. The van der Waals surface area contributed by atoms with Gasteiger partial charge in [-0.3, -0.25) is 9.69 Å². The van der Waals surface area contributed by atoms with E-state index >= 15 is 0 Å². The van der Waals surface area contributed by atoms with Crippen LogP contribution in [0.5, 0.6) is 5.75 Å². The molecule has 0 unspecified atom stereocenters. The van der Waals surface area contributed by atoms with Crippen LogP contribution in [0.15, 0.2) is 18.2 Å². The number of aromatic nitrogens is 1. The topological polar surface area (TPSA) is 45.7 Å². The lowest BCUT2D eigenvalue weighted by Crippen LogP contribution is -2.35. The molecule has 0 spiro atoms. The fourth-order valence-corrected chi connectivity index (χ4v) is 2.84. The van der Waals surface area contributed by atoms with E-state index in [9.17, 15) is 4.79 Å². The molecule has 1 aromatic carbocycles. The minimum atomic E-state index is 0.